The highest BCUT2D eigenvalue weighted by molar-refractivity contribution is 6.02. The zero-order valence-electron chi connectivity index (χ0n) is 16.5. The van der Waals surface area contributed by atoms with E-state index in [0.29, 0.717) is 17.1 Å². The molecule has 0 unspecified atom stereocenters. The molecule has 3 aromatic carbocycles. The molecular weight excluding hydrogens is 384 g/mol. The molecule has 7 heteroatoms. The first-order valence-corrected chi connectivity index (χ1v) is 9.42. The smallest absolute Gasteiger partial charge is 0.306 e. The second-order valence-corrected chi connectivity index (χ2v) is 6.51. The van der Waals surface area contributed by atoms with Gasteiger partial charge in [-0.2, -0.15) is 0 Å². The van der Waals surface area contributed by atoms with Gasteiger partial charge in [0.25, 0.3) is 5.91 Å². The summed E-state index contributed by atoms with van der Waals surface area (Å²) in [6, 6.07) is 20.1. The van der Waals surface area contributed by atoms with Gasteiger partial charge in [-0.1, -0.05) is 36.4 Å². The average Bonchev–Trinajstić information content (AvgIpc) is 2.77. The molecule has 3 aromatic rings. The van der Waals surface area contributed by atoms with Crippen LogP contribution in [0, 0.1) is 0 Å². The van der Waals surface area contributed by atoms with E-state index >= 15 is 0 Å². The second-order valence-electron chi connectivity index (χ2n) is 6.51. The zero-order chi connectivity index (χ0) is 21.3. The largest absolute Gasteiger partial charge is 0.497 e. The summed E-state index contributed by atoms with van der Waals surface area (Å²) in [4.78, 5) is 35.9. The molecule has 30 heavy (non-hydrogen) atoms. The number of carbonyl (C=O) groups is 3. The number of fused-ring (bicyclic) bond motifs is 1. The first-order valence-electron chi connectivity index (χ1n) is 9.42. The molecule has 0 atom stereocenters. The summed E-state index contributed by atoms with van der Waals surface area (Å²) in [5.74, 6) is -0.703. The maximum absolute atomic E-state index is 12.1. The highest BCUT2D eigenvalue weighted by Crippen LogP contribution is 2.22. The Kier molecular flexibility index (Phi) is 7.00. The summed E-state index contributed by atoms with van der Waals surface area (Å²) in [5, 5.41) is 7.32. The summed E-state index contributed by atoms with van der Waals surface area (Å²) in [6.07, 6.45) is -0.167. The van der Waals surface area contributed by atoms with Gasteiger partial charge in [0.15, 0.2) is 6.61 Å². The summed E-state index contributed by atoms with van der Waals surface area (Å²) in [5.41, 5.74) is 1.25. The predicted octanol–water partition coefficient (Wildman–Crippen LogP) is 3.75. The lowest BCUT2D eigenvalue weighted by molar-refractivity contribution is -0.147. The molecule has 0 aliphatic rings. The van der Waals surface area contributed by atoms with Crippen molar-refractivity contribution in [1.29, 1.82) is 0 Å². The van der Waals surface area contributed by atoms with Crippen molar-refractivity contribution >= 4 is 39.9 Å². The molecule has 0 aliphatic heterocycles. The third-order valence-corrected chi connectivity index (χ3v) is 4.36. The molecule has 154 valence electrons. The number of anilines is 2. The van der Waals surface area contributed by atoms with Crippen molar-refractivity contribution in [3.05, 3.63) is 66.7 Å². The second kappa shape index (κ2) is 10.1. The Morgan fingerprint density at radius 3 is 2.30 bits per heavy atom. The van der Waals surface area contributed by atoms with Crippen molar-refractivity contribution in [3.63, 3.8) is 0 Å². The normalized spacial score (nSPS) is 10.3. The minimum Gasteiger partial charge on any atom is -0.497 e. The van der Waals surface area contributed by atoms with E-state index in [4.69, 9.17) is 9.47 Å². The number of hydrogen-bond acceptors (Lipinski definition) is 5. The van der Waals surface area contributed by atoms with Crippen molar-refractivity contribution in [2.45, 2.75) is 12.8 Å². The molecule has 0 bridgehead atoms. The monoisotopic (exact) mass is 406 g/mol. The molecular formula is C23H22N2O5. The zero-order valence-corrected chi connectivity index (χ0v) is 16.5. The van der Waals surface area contributed by atoms with Gasteiger partial charge in [0, 0.05) is 23.2 Å². The first kappa shape index (κ1) is 20.9. The van der Waals surface area contributed by atoms with Crippen molar-refractivity contribution in [3.8, 4) is 5.75 Å². The Labute approximate surface area is 174 Å². The maximum Gasteiger partial charge on any atom is 0.306 e. The molecule has 2 N–H and O–H groups in total. The average molecular weight is 406 g/mol. The number of amides is 2. The number of ether oxygens (including phenoxy) is 2. The quantitative estimate of drug-likeness (QED) is 0.556. The Hall–Kier alpha value is -3.87. The van der Waals surface area contributed by atoms with Crippen LogP contribution >= 0.6 is 0 Å². The number of nitrogens with one attached hydrogen (secondary N) is 2. The van der Waals surface area contributed by atoms with Gasteiger partial charge < -0.3 is 20.1 Å². The molecule has 2 amide bonds. The van der Waals surface area contributed by atoms with Crippen LogP contribution in [-0.4, -0.2) is 31.5 Å². The van der Waals surface area contributed by atoms with Gasteiger partial charge in [-0.25, -0.2) is 0 Å². The van der Waals surface area contributed by atoms with Crippen LogP contribution in [0.1, 0.15) is 12.8 Å². The van der Waals surface area contributed by atoms with E-state index in [-0.39, 0.29) is 18.7 Å². The van der Waals surface area contributed by atoms with Crippen LogP contribution in [0.2, 0.25) is 0 Å². The van der Waals surface area contributed by atoms with E-state index in [1.54, 1.807) is 37.4 Å². The number of carbonyl (C=O) groups excluding carboxylic acids is 3. The molecule has 0 aromatic heterocycles. The fraction of sp³-hybridized carbons (Fsp3) is 0.174. The Bertz CT molecular complexity index is 1040. The maximum atomic E-state index is 12.1. The number of benzene rings is 3. The first-order chi connectivity index (χ1) is 14.5. The fourth-order valence-electron chi connectivity index (χ4n) is 2.85. The lowest BCUT2D eigenvalue weighted by atomic mass is 10.1. The van der Waals surface area contributed by atoms with E-state index in [2.05, 4.69) is 10.6 Å². The van der Waals surface area contributed by atoms with E-state index in [0.717, 1.165) is 10.8 Å². The molecule has 0 fully saturated rings. The third-order valence-electron chi connectivity index (χ3n) is 4.36. The number of rotatable bonds is 8. The third kappa shape index (κ3) is 5.81. The Morgan fingerprint density at radius 1 is 0.800 bits per heavy atom. The van der Waals surface area contributed by atoms with Crippen LogP contribution in [-0.2, 0) is 19.1 Å². The Balaban J connectivity index is 1.41. The summed E-state index contributed by atoms with van der Waals surface area (Å²) >= 11 is 0. The van der Waals surface area contributed by atoms with E-state index < -0.39 is 18.5 Å². The molecule has 3 rings (SSSR count). The lowest BCUT2D eigenvalue weighted by Crippen LogP contribution is -2.22. The molecule has 7 nitrogen and oxygen atoms in total. The topological polar surface area (TPSA) is 93.7 Å². The van der Waals surface area contributed by atoms with Crippen molar-refractivity contribution in [1.82, 2.24) is 0 Å². The lowest BCUT2D eigenvalue weighted by Gasteiger charge is -2.09. The van der Waals surface area contributed by atoms with Crippen molar-refractivity contribution in [2.24, 2.45) is 0 Å². The van der Waals surface area contributed by atoms with Crippen LogP contribution in [0.4, 0.5) is 11.4 Å². The standard InChI is InChI=1S/C23H22N2O5/c1-29-18-11-9-17(10-12-18)24-21(26)13-14-23(28)30-15-22(27)25-20-8-4-6-16-5-2-3-7-19(16)20/h2-12H,13-15H2,1H3,(H,24,26)(H,25,27). The minimum absolute atomic E-state index is 0.0458. The van der Waals surface area contributed by atoms with Gasteiger partial charge >= 0.3 is 5.97 Å². The van der Waals surface area contributed by atoms with Gasteiger partial charge in [0.2, 0.25) is 5.91 Å². The summed E-state index contributed by atoms with van der Waals surface area (Å²) < 4.78 is 10.0. The van der Waals surface area contributed by atoms with Crippen LogP contribution < -0.4 is 15.4 Å². The SMILES string of the molecule is COc1ccc(NC(=O)CCC(=O)OCC(=O)Nc2cccc3ccccc23)cc1. The van der Waals surface area contributed by atoms with Crippen LogP contribution in [0.3, 0.4) is 0 Å². The van der Waals surface area contributed by atoms with E-state index in [9.17, 15) is 14.4 Å². The molecule has 0 spiro atoms. The van der Waals surface area contributed by atoms with E-state index in [1.807, 2.05) is 36.4 Å². The van der Waals surface area contributed by atoms with E-state index in [1.165, 1.54) is 0 Å². The number of hydrogen-bond donors (Lipinski definition) is 2. The fourth-order valence-corrected chi connectivity index (χ4v) is 2.85. The van der Waals surface area contributed by atoms with Crippen LogP contribution in [0.15, 0.2) is 66.7 Å². The number of esters is 1. The highest BCUT2D eigenvalue weighted by Gasteiger charge is 2.12. The van der Waals surface area contributed by atoms with Crippen LogP contribution in [0.5, 0.6) is 5.75 Å². The van der Waals surface area contributed by atoms with Gasteiger partial charge in [0.05, 0.1) is 13.5 Å². The molecule has 0 aliphatic carbocycles. The van der Waals surface area contributed by atoms with Gasteiger partial charge in [-0.05, 0) is 35.7 Å². The van der Waals surface area contributed by atoms with Gasteiger partial charge in [0.1, 0.15) is 5.75 Å². The molecule has 0 radical (unpaired) electrons. The van der Waals surface area contributed by atoms with Crippen molar-refractivity contribution in [2.75, 3.05) is 24.4 Å². The predicted molar refractivity (Wildman–Crippen MR) is 114 cm³/mol. The number of methoxy groups -OCH3 is 1. The summed E-state index contributed by atoms with van der Waals surface area (Å²) in [6.45, 7) is -0.415. The Morgan fingerprint density at radius 2 is 1.53 bits per heavy atom. The summed E-state index contributed by atoms with van der Waals surface area (Å²) in [7, 11) is 1.56. The molecule has 0 saturated heterocycles. The highest BCUT2D eigenvalue weighted by atomic mass is 16.5. The van der Waals surface area contributed by atoms with Crippen molar-refractivity contribution < 1.29 is 23.9 Å². The molecule has 0 saturated carbocycles. The van der Waals surface area contributed by atoms with Gasteiger partial charge in [-0.3, -0.25) is 14.4 Å². The molecule has 0 heterocycles. The minimum atomic E-state index is -0.618. The van der Waals surface area contributed by atoms with Crippen LogP contribution in [0.25, 0.3) is 10.8 Å². The van der Waals surface area contributed by atoms with Gasteiger partial charge in [-0.15, -0.1) is 0 Å².